The van der Waals surface area contributed by atoms with E-state index in [4.69, 9.17) is 4.74 Å². The Bertz CT molecular complexity index is 610. The van der Waals surface area contributed by atoms with E-state index in [0.717, 1.165) is 24.3 Å². The SMILES string of the molecule is CCOc1ccc(C(=O)Nc2c(CC)cccc2CC)cc1. The van der Waals surface area contributed by atoms with Crippen LogP contribution < -0.4 is 10.1 Å². The van der Waals surface area contributed by atoms with Crippen LogP contribution in [0.5, 0.6) is 5.75 Å². The first kappa shape index (κ1) is 16.1. The van der Waals surface area contributed by atoms with Crippen LogP contribution in [0.25, 0.3) is 0 Å². The summed E-state index contributed by atoms with van der Waals surface area (Å²) >= 11 is 0. The van der Waals surface area contributed by atoms with Crippen molar-refractivity contribution in [2.75, 3.05) is 11.9 Å². The number of nitrogens with one attached hydrogen (secondary N) is 1. The third-order valence-electron chi connectivity index (χ3n) is 3.66. The fourth-order valence-electron chi connectivity index (χ4n) is 2.46. The number of benzene rings is 2. The summed E-state index contributed by atoms with van der Waals surface area (Å²) < 4.78 is 5.40. The molecule has 0 heterocycles. The molecule has 1 amide bonds. The Hall–Kier alpha value is -2.29. The Labute approximate surface area is 132 Å². The highest BCUT2D eigenvalue weighted by molar-refractivity contribution is 6.05. The van der Waals surface area contributed by atoms with Gasteiger partial charge in [0, 0.05) is 11.3 Å². The molecule has 0 aliphatic carbocycles. The van der Waals surface area contributed by atoms with Crippen LogP contribution in [0.15, 0.2) is 42.5 Å². The number of para-hydroxylation sites is 1. The summed E-state index contributed by atoms with van der Waals surface area (Å²) in [6, 6.07) is 13.4. The Morgan fingerprint density at radius 2 is 1.55 bits per heavy atom. The molecule has 2 aromatic rings. The molecule has 0 saturated carbocycles. The third-order valence-corrected chi connectivity index (χ3v) is 3.66. The summed E-state index contributed by atoms with van der Waals surface area (Å²) in [6.45, 7) is 6.76. The number of amides is 1. The van der Waals surface area contributed by atoms with E-state index >= 15 is 0 Å². The molecular weight excluding hydrogens is 274 g/mol. The number of hydrogen-bond acceptors (Lipinski definition) is 2. The molecule has 0 fully saturated rings. The molecule has 0 atom stereocenters. The number of rotatable bonds is 6. The van der Waals surface area contributed by atoms with Crippen molar-refractivity contribution in [1.82, 2.24) is 0 Å². The third kappa shape index (κ3) is 3.67. The molecule has 0 unspecified atom stereocenters. The highest BCUT2D eigenvalue weighted by Gasteiger charge is 2.11. The van der Waals surface area contributed by atoms with E-state index < -0.39 is 0 Å². The Morgan fingerprint density at radius 1 is 0.955 bits per heavy atom. The van der Waals surface area contributed by atoms with Gasteiger partial charge in [-0.3, -0.25) is 4.79 Å². The van der Waals surface area contributed by atoms with Crippen LogP contribution in [0, 0.1) is 0 Å². The fourth-order valence-corrected chi connectivity index (χ4v) is 2.46. The number of hydrogen-bond donors (Lipinski definition) is 1. The number of carbonyl (C=O) groups is 1. The predicted molar refractivity (Wildman–Crippen MR) is 90.8 cm³/mol. The zero-order valence-electron chi connectivity index (χ0n) is 13.5. The summed E-state index contributed by atoms with van der Waals surface area (Å²) in [6.07, 6.45) is 1.79. The molecule has 116 valence electrons. The van der Waals surface area contributed by atoms with Gasteiger partial charge in [-0.15, -0.1) is 0 Å². The summed E-state index contributed by atoms with van der Waals surface area (Å²) in [5.41, 5.74) is 3.92. The maximum absolute atomic E-state index is 12.5. The molecular formula is C19H23NO2. The van der Waals surface area contributed by atoms with Gasteiger partial charge in [0.15, 0.2) is 0 Å². The fraction of sp³-hybridized carbons (Fsp3) is 0.316. The molecule has 0 aromatic heterocycles. The van der Waals surface area contributed by atoms with E-state index in [-0.39, 0.29) is 5.91 Å². The number of carbonyl (C=O) groups excluding carboxylic acids is 1. The highest BCUT2D eigenvalue weighted by atomic mass is 16.5. The zero-order chi connectivity index (χ0) is 15.9. The maximum Gasteiger partial charge on any atom is 0.255 e. The van der Waals surface area contributed by atoms with E-state index in [1.807, 2.05) is 25.1 Å². The second-order valence-electron chi connectivity index (χ2n) is 5.07. The van der Waals surface area contributed by atoms with Gasteiger partial charge in [-0.05, 0) is 55.2 Å². The average Bonchev–Trinajstić information content (AvgIpc) is 2.56. The predicted octanol–water partition coefficient (Wildman–Crippen LogP) is 4.46. The van der Waals surface area contributed by atoms with Crippen LogP contribution in [0.1, 0.15) is 42.3 Å². The first-order chi connectivity index (χ1) is 10.7. The van der Waals surface area contributed by atoms with Gasteiger partial charge in [0.25, 0.3) is 5.91 Å². The van der Waals surface area contributed by atoms with Crippen molar-refractivity contribution in [3.63, 3.8) is 0 Å². The van der Waals surface area contributed by atoms with Crippen molar-refractivity contribution in [1.29, 1.82) is 0 Å². The Morgan fingerprint density at radius 3 is 2.05 bits per heavy atom. The normalized spacial score (nSPS) is 10.3. The van der Waals surface area contributed by atoms with Crippen molar-refractivity contribution in [3.8, 4) is 5.75 Å². The molecule has 1 N–H and O–H groups in total. The first-order valence-electron chi connectivity index (χ1n) is 7.84. The van der Waals surface area contributed by atoms with Crippen molar-refractivity contribution < 1.29 is 9.53 Å². The monoisotopic (exact) mass is 297 g/mol. The van der Waals surface area contributed by atoms with Crippen molar-refractivity contribution >= 4 is 11.6 Å². The summed E-state index contributed by atoms with van der Waals surface area (Å²) in [5, 5.41) is 3.07. The van der Waals surface area contributed by atoms with Crippen LogP contribution in [-0.2, 0) is 12.8 Å². The molecule has 22 heavy (non-hydrogen) atoms. The van der Waals surface area contributed by atoms with Crippen LogP contribution in [0.3, 0.4) is 0 Å². The number of ether oxygens (including phenoxy) is 1. The van der Waals surface area contributed by atoms with Gasteiger partial charge in [0.2, 0.25) is 0 Å². The maximum atomic E-state index is 12.5. The lowest BCUT2D eigenvalue weighted by Crippen LogP contribution is -2.14. The average molecular weight is 297 g/mol. The largest absolute Gasteiger partial charge is 0.494 e. The lowest BCUT2D eigenvalue weighted by Gasteiger charge is -2.14. The molecule has 0 aliphatic heterocycles. The molecule has 0 bridgehead atoms. The first-order valence-corrected chi connectivity index (χ1v) is 7.84. The van der Waals surface area contributed by atoms with Crippen molar-refractivity contribution in [3.05, 3.63) is 59.2 Å². The topological polar surface area (TPSA) is 38.3 Å². The van der Waals surface area contributed by atoms with Gasteiger partial charge in [-0.25, -0.2) is 0 Å². The number of anilines is 1. The lowest BCUT2D eigenvalue weighted by atomic mass is 10.0. The lowest BCUT2D eigenvalue weighted by molar-refractivity contribution is 0.102. The van der Waals surface area contributed by atoms with E-state index in [9.17, 15) is 4.79 Å². The van der Waals surface area contributed by atoms with Gasteiger partial charge in [-0.1, -0.05) is 32.0 Å². The van der Waals surface area contributed by atoms with E-state index in [1.165, 1.54) is 11.1 Å². The Balaban J connectivity index is 2.21. The van der Waals surface area contributed by atoms with Gasteiger partial charge in [-0.2, -0.15) is 0 Å². The molecule has 3 heteroatoms. The minimum atomic E-state index is -0.0846. The summed E-state index contributed by atoms with van der Waals surface area (Å²) in [4.78, 5) is 12.5. The molecule has 0 radical (unpaired) electrons. The molecule has 0 aliphatic rings. The van der Waals surface area contributed by atoms with Gasteiger partial charge in [0.1, 0.15) is 5.75 Å². The Kier molecular flexibility index (Phi) is 5.59. The van der Waals surface area contributed by atoms with Crippen molar-refractivity contribution in [2.45, 2.75) is 33.6 Å². The van der Waals surface area contributed by atoms with Crippen molar-refractivity contribution in [2.24, 2.45) is 0 Å². The summed E-state index contributed by atoms with van der Waals surface area (Å²) in [7, 11) is 0. The highest BCUT2D eigenvalue weighted by Crippen LogP contribution is 2.23. The molecule has 3 nitrogen and oxygen atoms in total. The van der Waals surface area contributed by atoms with Crippen LogP contribution >= 0.6 is 0 Å². The van der Waals surface area contributed by atoms with Crippen LogP contribution in [0.2, 0.25) is 0 Å². The van der Waals surface area contributed by atoms with E-state index in [2.05, 4.69) is 31.3 Å². The van der Waals surface area contributed by atoms with Crippen LogP contribution in [-0.4, -0.2) is 12.5 Å². The second kappa shape index (κ2) is 7.64. The van der Waals surface area contributed by atoms with E-state index in [0.29, 0.717) is 12.2 Å². The van der Waals surface area contributed by atoms with E-state index in [1.54, 1.807) is 12.1 Å². The van der Waals surface area contributed by atoms with Gasteiger partial charge in [0.05, 0.1) is 6.61 Å². The minimum Gasteiger partial charge on any atom is -0.494 e. The quantitative estimate of drug-likeness (QED) is 0.854. The molecule has 0 spiro atoms. The van der Waals surface area contributed by atoms with Gasteiger partial charge >= 0.3 is 0 Å². The van der Waals surface area contributed by atoms with Gasteiger partial charge < -0.3 is 10.1 Å². The minimum absolute atomic E-state index is 0.0846. The molecule has 2 aromatic carbocycles. The number of aryl methyl sites for hydroxylation is 2. The smallest absolute Gasteiger partial charge is 0.255 e. The summed E-state index contributed by atoms with van der Waals surface area (Å²) in [5.74, 6) is 0.695. The standard InChI is InChI=1S/C19H23NO2/c1-4-14-8-7-9-15(5-2)18(14)20-19(21)16-10-12-17(13-11-16)22-6-3/h7-13H,4-6H2,1-3H3,(H,20,21). The zero-order valence-corrected chi connectivity index (χ0v) is 13.5. The van der Waals surface area contributed by atoms with Crippen LogP contribution in [0.4, 0.5) is 5.69 Å². The molecule has 2 rings (SSSR count). The molecule has 0 saturated heterocycles. The second-order valence-corrected chi connectivity index (χ2v) is 5.07.